The molecule has 1 aliphatic heterocycles. The van der Waals surface area contributed by atoms with Gasteiger partial charge in [-0.05, 0) is 44.0 Å². The number of aromatic nitrogens is 2. The summed E-state index contributed by atoms with van der Waals surface area (Å²) in [6.07, 6.45) is 1.05. The van der Waals surface area contributed by atoms with Crippen LogP contribution in [0.2, 0.25) is 0 Å². The number of benzene rings is 2. The van der Waals surface area contributed by atoms with Crippen molar-refractivity contribution in [2.24, 2.45) is 0 Å². The second kappa shape index (κ2) is 6.59. The van der Waals surface area contributed by atoms with Crippen molar-refractivity contribution in [3.63, 3.8) is 0 Å². The molecule has 0 spiro atoms. The topological polar surface area (TPSA) is 51.4 Å². The second-order valence-electron chi connectivity index (χ2n) is 6.25. The van der Waals surface area contributed by atoms with Gasteiger partial charge in [0.05, 0.1) is 18.7 Å². The first kappa shape index (κ1) is 15.7. The maximum Gasteiger partial charge on any atom is 0.246 e. The van der Waals surface area contributed by atoms with Crippen LogP contribution in [0.1, 0.15) is 25.3 Å². The van der Waals surface area contributed by atoms with Crippen molar-refractivity contribution in [1.29, 1.82) is 0 Å². The van der Waals surface area contributed by atoms with Crippen LogP contribution in [0.5, 0.6) is 5.75 Å². The summed E-state index contributed by atoms with van der Waals surface area (Å²) in [5.74, 6) is 1.96. The Labute approximate surface area is 147 Å². The molecule has 0 aliphatic carbocycles. The van der Waals surface area contributed by atoms with Crippen LogP contribution in [0.3, 0.4) is 0 Å². The number of anilines is 1. The summed E-state index contributed by atoms with van der Waals surface area (Å²) in [5.41, 5.74) is 3.48. The van der Waals surface area contributed by atoms with Crippen molar-refractivity contribution < 1.29 is 9.26 Å². The van der Waals surface area contributed by atoms with Gasteiger partial charge < -0.3 is 14.2 Å². The number of ether oxygens (including phenoxy) is 1. The molecule has 0 bridgehead atoms. The van der Waals surface area contributed by atoms with Gasteiger partial charge in [0.2, 0.25) is 11.7 Å². The van der Waals surface area contributed by atoms with E-state index < -0.39 is 0 Å². The molecule has 0 radical (unpaired) electrons. The summed E-state index contributed by atoms with van der Waals surface area (Å²) in [4.78, 5) is 6.92. The van der Waals surface area contributed by atoms with Crippen molar-refractivity contribution in [3.8, 4) is 17.1 Å². The minimum Gasteiger partial charge on any atom is -0.493 e. The predicted molar refractivity (Wildman–Crippen MR) is 96.7 cm³/mol. The number of fused-ring (bicyclic) bond motifs is 1. The molecule has 0 fully saturated rings. The van der Waals surface area contributed by atoms with E-state index in [1.54, 1.807) is 0 Å². The van der Waals surface area contributed by atoms with Gasteiger partial charge in [0.1, 0.15) is 5.75 Å². The lowest BCUT2D eigenvalue weighted by Crippen LogP contribution is -2.28. The van der Waals surface area contributed by atoms with Crippen molar-refractivity contribution in [2.75, 3.05) is 11.5 Å². The van der Waals surface area contributed by atoms with Gasteiger partial charge in [-0.1, -0.05) is 35.5 Å². The van der Waals surface area contributed by atoms with Crippen LogP contribution >= 0.6 is 0 Å². The van der Waals surface area contributed by atoms with E-state index in [0.29, 0.717) is 30.9 Å². The SMILES string of the molecule is CCOc1ccccc1-c1noc(CN2c3ccccc3CC2C)n1. The summed E-state index contributed by atoms with van der Waals surface area (Å²) in [6, 6.07) is 16.7. The Morgan fingerprint density at radius 3 is 2.84 bits per heavy atom. The molecule has 0 saturated carbocycles. The largest absolute Gasteiger partial charge is 0.493 e. The summed E-state index contributed by atoms with van der Waals surface area (Å²) < 4.78 is 11.2. The lowest BCUT2D eigenvalue weighted by molar-refractivity contribution is 0.340. The number of rotatable bonds is 5. The molecular weight excluding hydrogens is 314 g/mol. The monoisotopic (exact) mass is 335 g/mol. The van der Waals surface area contributed by atoms with E-state index in [9.17, 15) is 0 Å². The van der Waals surface area contributed by atoms with E-state index in [4.69, 9.17) is 9.26 Å². The average molecular weight is 335 g/mol. The summed E-state index contributed by atoms with van der Waals surface area (Å²) in [5, 5.41) is 4.16. The highest BCUT2D eigenvalue weighted by molar-refractivity contribution is 5.63. The third-order valence-corrected chi connectivity index (χ3v) is 4.55. The smallest absolute Gasteiger partial charge is 0.246 e. The fourth-order valence-corrected chi connectivity index (χ4v) is 3.38. The second-order valence-corrected chi connectivity index (χ2v) is 6.25. The van der Waals surface area contributed by atoms with Crippen molar-refractivity contribution in [3.05, 3.63) is 60.0 Å². The predicted octanol–water partition coefficient (Wildman–Crippen LogP) is 4.09. The fraction of sp³-hybridized carbons (Fsp3) is 0.300. The van der Waals surface area contributed by atoms with Crippen LogP contribution < -0.4 is 9.64 Å². The van der Waals surface area contributed by atoms with E-state index in [1.165, 1.54) is 11.3 Å². The molecule has 0 saturated heterocycles. The Balaban J connectivity index is 1.59. The van der Waals surface area contributed by atoms with Gasteiger partial charge in [0, 0.05) is 11.7 Å². The molecule has 4 rings (SSSR count). The highest BCUT2D eigenvalue weighted by atomic mass is 16.5. The van der Waals surface area contributed by atoms with E-state index in [0.717, 1.165) is 17.7 Å². The average Bonchev–Trinajstić information content (AvgIpc) is 3.21. The highest BCUT2D eigenvalue weighted by Crippen LogP contribution is 2.33. The molecule has 25 heavy (non-hydrogen) atoms. The van der Waals surface area contributed by atoms with Crippen molar-refractivity contribution >= 4 is 5.69 Å². The normalized spacial score (nSPS) is 16.1. The number of hydrogen-bond donors (Lipinski definition) is 0. The van der Waals surface area contributed by atoms with Gasteiger partial charge >= 0.3 is 0 Å². The Morgan fingerprint density at radius 2 is 1.96 bits per heavy atom. The first-order valence-corrected chi connectivity index (χ1v) is 8.65. The Bertz CT molecular complexity index is 875. The third-order valence-electron chi connectivity index (χ3n) is 4.55. The van der Waals surface area contributed by atoms with Gasteiger partial charge in [0.15, 0.2) is 0 Å². The molecule has 0 N–H and O–H groups in total. The van der Waals surface area contributed by atoms with Crippen LogP contribution in [0, 0.1) is 0 Å². The van der Waals surface area contributed by atoms with Gasteiger partial charge in [-0.3, -0.25) is 0 Å². The number of hydrogen-bond acceptors (Lipinski definition) is 5. The molecule has 1 aromatic heterocycles. The van der Waals surface area contributed by atoms with Crippen LogP contribution in [-0.2, 0) is 13.0 Å². The van der Waals surface area contributed by atoms with Crippen LogP contribution in [-0.4, -0.2) is 22.8 Å². The summed E-state index contributed by atoms with van der Waals surface area (Å²) >= 11 is 0. The molecule has 5 nitrogen and oxygen atoms in total. The van der Waals surface area contributed by atoms with Gasteiger partial charge in [-0.15, -0.1) is 0 Å². The zero-order valence-corrected chi connectivity index (χ0v) is 14.5. The molecule has 0 amide bonds. The first-order valence-electron chi connectivity index (χ1n) is 8.65. The maximum atomic E-state index is 5.67. The van der Waals surface area contributed by atoms with Crippen LogP contribution in [0.15, 0.2) is 53.1 Å². The first-order chi connectivity index (χ1) is 12.3. The van der Waals surface area contributed by atoms with E-state index in [1.807, 2.05) is 31.2 Å². The van der Waals surface area contributed by atoms with Crippen LogP contribution in [0.25, 0.3) is 11.4 Å². The third kappa shape index (κ3) is 2.97. The van der Waals surface area contributed by atoms with E-state index in [-0.39, 0.29) is 0 Å². The number of para-hydroxylation sites is 2. The molecule has 128 valence electrons. The van der Waals surface area contributed by atoms with E-state index >= 15 is 0 Å². The minimum absolute atomic E-state index is 0.420. The standard InChI is InChI=1S/C20H21N3O2/c1-3-24-18-11-7-5-9-16(18)20-21-19(25-22-20)13-23-14(2)12-15-8-4-6-10-17(15)23/h4-11,14H,3,12-13H2,1-2H3. The number of nitrogens with zero attached hydrogens (tertiary/aromatic N) is 3. The van der Waals surface area contributed by atoms with Crippen molar-refractivity contribution in [2.45, 2.75) is 32.9 Å². The molecule has 1 unspecified atom stereocenters. The van der Waals surface area contributed by atoms with Gasteiger partial charge in [-0.2, -0.15) is 4.98 Å². The van der Waals surface area contributed by atoms with Gasteiger partial charge in [-0.25, -0.2) is 0 Å². The fourth-order valence-electron chi connectivity index (χ4n) is 3.38. The van der Waals surface area contributed by atoms with Crippen LogP contribution in [0.4, 0.5) is 5.69 Å². The molecule has 3 aromatic rings. The Morgan fingerprint density at radius 1 is 1.16 bits per heavy atom. The molecule has 1 aliphatic rings. The van der Waals surface area contributed by atoms with Crippen molar-refractivity contribution in [1.82, 2.24) is 10.1 Å². The minimum atomic E-state index is 0.420. The van der Waals surface area contributed by atoms with Gasteiger partial charge in [0.25, 0.3) is 0 Å². The lowest BCUT2D eigenvalue weighted by atomic mass is 10.1. The molecule has 1 atom stereocenters. The Kier molecular flexibility index (Phi) is 4.14. The quantitative estimate of drug-likeness (QED) is 0.703. The molecule has 5 heteroatoms. The molecular formula is C20H21N3O2. The Hall–Kier alpha value is -2.82. The summed E-state index contributed by atoms with van der Waals surface area (Å²) in [7, 11) is 0. The zero-order valence-electron chi connectivity index (χ0n) is 14.5. The lowest BCUT2D eigenvalue weighted by Gasteiger charge is -2.22. The summed E-state index contributed by atoms with van der Waals surface area (Å²) in [6.45, 7) is 5.40. The van der Waals surface area contributed by atoms with E-state index in [2.05, 4.69) is 46.2 Å². The molecule has 2 heterocycles. The highest BCUT2D eigenvalue weighted by Gasteiger charge is 2.27. The molecule has 2 aromatic carbocycles. The maximum absolute atomic E-state index is 5.67. The zero-order chi connectivity index (χ0) is 17.2.